The number of aromatic nitrogens is 4. The average molecular weight is 432 g/mol. The van der Waals surface area contributed by atoms with Crippen molar-refractivity contribution >= 4 is 17.2 Å². The molecule has 1 saturated heterocycles. The second-order valence-corrected chi connectivity index (χ2v) is 7.47. The fourth-order valence-electron chi connectivity index (χ4n) is 3.78. The van der Waals surface area contributed by atoms with Crippen LogP contribution in [-0.4, -0.2) is 53.2 Å². The van der Waals surface area contributed by atoms with Crippen LogP contribution < -0.4 is 15.0 Å². The smallest absolute Gasteiger partial charge is 0.182 e. The van der Waals surface area contributed by atoms with Crippen molar-refractivity contribution in [1.29, 1.82) is 0 Å². The van der Waals surface area contributed by atoms with Crippen molar-refractivity contribution in [2.45, 2.75) is 0 Å². The molecule has 164 valence electrons. The summed E-state index contributed by atoms with van der Waals surface area (Å²) in [7, 11) is 3.54. The van der Waals surface area contributed by atoms with Crippen LogP contribution in [-0.2, 0) is 11.8 Å². The molecule has 0 spiro atoms. The van der Waals surface area contributed by atoms with Crippen molar-refractivity contribution in [3.05, 3.63) is 55.3 Å². The highest BCUT2D eigenvalue weighted by Crippen LogP contribution is 2.34. The van der Waals surface area contributed by atoms with Crippen molar-refractivity contribution in [3.63, 3.8) is 0 Å². The first kappa shape index (κ1) is 20.1. The van der Waals surface area contributed by atoms with Crippen LogP contribution in [0.3, 0.4) is 0 Å². The summed E-state index contributed by atoms with van der Waals surface area (Å²) in [5.41, 5.74) is 4.44. The fraction of sp³-hybridized carbons (Fsp3) is 0.261. The summed E-state index contributed by atoms with van der Waals surface area (Å²) in [6.45, 7) is 3.22. The van der Waals surface area contributed by atoms with E-state index in [9.17, 15) is 0 Å². The standard InChI is InChI=1S/C23H24N6O3/c1-28-14-17(13-26-28)22-23(32-15-25-22)16-5-6-24-21(11-16)27-19-4-3-18(12-20(19)30-2)29-7-9-31-10-8-29/h3-6,11-15H,7-10H2,1-2H3,(H,24,27). The largest absolute Gasteiger partial charge is 0.494 e. The molecular formula is C23H24N6O3. The molecule has 0 radical (unpaired) electrons. The lowest BCUT2D eigenvalue weighted by Crippen LogP contribution is -2.36. The minimum Gasteiger partial charge on any atom is -0.494 e. The Kier molecular flexibility index (Phi) is 5.47. The number of anilines is 3. The number of hydrogen-bond acceptors (Lipinski definition) is 8. The highest BCUT2D eigenvalue weighted by atomic mass is 16.5. The summed E-state index contributed by atoms with van der Waals surface area (Å²) in [5.74, 6) is 2.09. The maximum atomic E-state index is 5.70. The van der Waals surface area contributed by atoms with Gasteiger partial charge in [-0.3, -0.25) is 4.68 Å². The van der Waals surface area contributed by atoms with Crippen molar-refractivity contribution in [1.82, 2.24) is 19.7 Å². The van der Waals surface area contributed by atoms with Gasteiger partial charge in [-0.2, -0.15) is 5.10 Å². The quantitative estimate of drug-likeness (QED) is 0.493. The average Bonchev–Trinajstić information content (AvgIpc) is 3.49. The van der Waals surface area contributed by atoms with Gasteiger partial charge in [0.05, 0.1) is 32.2 Å². The third-order valence-electron chi connectivity index (χ3n) is 5.39. The molecule has 4 heterocycles. The molecular weight excluding hydrogens is 408 g/mol. The normalized spacial score (nSPS) is 13.9. The van der Waals surface area contributed by atoms with Crippen molar-refractivity contribution in [3.8, 4) is 28.3 Å². The maximum absolute atomic E-state index is 5.70. The Bertz CT molecular complexity index is 1210. The maximum Gasteiger partial charge on any atom is 0.182 e. The van der Waals surface area contributed by atoms with E-state index in [-0.39, 0.29) is 0 Å². The number of aryl methyl sites for hydroxylation is 1. The van der Waals surface area contributed by atoms with Gasteiger partial charge in [-0.15, -0.1) is 0 Å². The number of morpholine rings is 1. The summed E-state index contributed by atoms with van der Waals surface area (Å²) in [6, 6.07) is 9.94. The third kappa shape index (κ3) is 4.02. The second kappa shape index (κ2) is 8.72. The van der Waals surface area contributed by atoms with Gasteiger partial charge >= 0.3 is 0 Å². The van der Waals surface area contributed by atoms with E-state index in [1.807, 2.05) is 37.5 Å². The van der Waals surface area contributed by atoms with Crippen LogP contribution >= 0.6 is 0 Å². The molecule has 5 rings (SSSR count). The Morgan fingerprint density at radius 3 is 2.72 bits per heavy atom. The lowest BCUT2D eigenvalue weighted by molar-refractivity contribution is 0.122. The first-order valence-electron chi connectivity index (χ1n) is 10.4. The highest BCUT2D eigenvalue weighted by Gasteiger charge is 2.17. The predicted molar refractivity (Wildman–Crippen MR) is 121 cm³/mol. The molecule has 0 amide bonds. The van der Waals surface area contributed by atoms with E-state index in [1.165, 1.54) is 6.39 Å². The highest BCUT2D eigenvalue weighted by molar-refractivity contribution is 5.78. The van der Waals surface area contributed by atoms with Crippen LogP contribution in [0.1, 0.15) is 0 Å². The number of hydrogen-bond donors (Lipinski definition) is 1. The minimum atomic E-state index is 0.665. The predicted octanol–water partition coefficient (Wildman–Crippen LogP) is 3.73. The Labute approximate surface area is 185 Å². The van der Waals surface area contributed by atoms with Crippen LogP contribution in [0.25, 0.3) is 22.6 Å². The van der Waals surface area contributed by atoms with E-state index in [1.54, 1.807) is 24.2 Å². The molecule has 0 saturated carbocycles. The molecule has 0 aliphatic carbocycles. The third-order valence-corrected chi connectivity index (χ3v) is 5.39. The van der Waals surface area contributed by atoms with E-state index < -0.39 is 0 Å². The molecule has 32 heavy (non-hydrogen) atoms. The van der Waals surface area contributed by atoms with Crippen molar-refractivity contribution < 1.29 is 13.9 Å². The van der Waals surface area contributed by atoms with Gasteiger partial charge in [0.1, 0.15) is 17.3 Å². The zero-order valence-electron chi connectivity index (χ0n) is 18.0. The monoisotopic (exact) mass is 432 g/mol. The Morgan fingerprint density at radius 1 is 1.06 bits per heavy atom. The molecule has 1 aliphatic heterocycles. The number of nitrogens with one attached hydrogen (secondary N) is 1. The van der Waals surface area contributed by atoms with E-state index in [2.05, 4.69) is 31.3 Å². The van der Waals surface area contributed by atoms with Gasteiger partial charge in [-0.25, -0.2) is 9.97 Å². The minimum absolute atomic E-state index is 0.665. The Morgan fingerprint density at radius 2 is 1.94 bits per heavy atom. The summed E-state index contributed by atoms with van der Waals surface area (Å²) < 4.78 is 18.5. The zero-order chi connectivity index (χ0) is 21.9. The van der Waals surface area contributed by atoms with Crippen molar-refractivity contribution in [2.24, 2.45) is 7.05 Å². The van der Waals surface area contributed by atoms with Gasteiger partial charge in [-0.1, -0.05) is 0 Å². The molecule has 0 unspecified atom stereocenters. The fourth-order valence-corrected chi connectivity index (χ4v) is 3.78. The Hall–Kier alpha value is -3.85. The van der Waals surface area contributed by atoms with Crippen LogP contribution in [0.2, 0.25) is 0 Å². The van der Waals surface area contributed by atoms with Gasteiger partial charge < -0.3 is 24.1 Å². The van der Waals surface area contributed by atoms with Crippen LogP contribution in [0.5, 0.6) is 5.75 Å². The molecule has 9 heteroatoms. The molecule has 3 aromatic heterocycles. The summed E-state index contributed by atoms with van der Waals surface area (Å²) in [4.78, 5) is 11.1. The van der Waals surface area contributed by atoms with Gasteiger partial charge in [0, 0.05) is 55.4 Å². The number of oxazole rings is 1. The summed E-state index contributed by atoms with van der Waals surface area (Å²) in [6.07, 6.45) is 6.85. The van der Waals surface area contributed by atoms with Gasteiger partial charge in [0.15, 0.2) is 12.2 Å². The Balaban J connectivity index is 1.41. The van der Waals surface area contributed by atoms with E-state index in [4.69, 9.17) is 13.9 Å². The first-order chi connectivity index (χ1) is 15.7. The molecule has 0 bridgehead atoms. The summed E-state index contributed by atoms with van der Waals surface area (Å²) in [5, 5.41) is 7.59. The topological polar surface area (TPSA) is 90.5 Å². The molecule has 4 aromatic rings. The SMILES string of the molecule is COc1cc(N2CCOCC2)ccc1Nc1cc(-c2ocnc2-c2cnn(C)c2)ccn1. The number of methoxy groups -OCH3 is 1. The molecule has 9 nitrogen and oxygen atoms in total. The van der Waals surface area contributed by atoms with Gasteiger partial charge in [0.2, 0.25) is 0 Å². The van der Waals surface area contributed by atoms with Gasteiger partial charge in [-0.05, 0) is 24.3 Å². The lowest BCUT2D eigenvalue weighted by atomic mass is 10.1. The van der Waals surface area contributed by atoms with Gasteiger partial charge in [0.25, 0.3) is 0 Å². The van der Waals surface area contributed by atoms with Crippen LogP contribution in [0.4, 0.5) is 17.2 Å². The molecule has 1 aromatic carbocycles. The van der Waals surface area contributed by atoms with Crippen molar-refractivity contribution in [2.75, 3.05) is 43.6 Å². The lowest BCUT2D eigenvalue weighted by Gasteiger charge is -2.29. The number of ether oxygens (including phenoxy) is 2. The number of pyridine rings is 1. The molecule has 1 N–H and O–H groups in total. The van der Waals surface area contributed by atoms with E-state index >= 15 is 0 Å². The molecule has 1 aliphatic rings. The molecule has 0 atom stereocenters. The molecule has 1 fully saturated rings. The number of benzene rings is 1. The summed E-state index contributed by atoms with van der Waals surface area (Å²) >= 11 is 0. The number of nitrogens with zero attached hydrogens (tertiary/aromatic N) is 5. The number of rotatable bonds is 6. The van der Waals surface area contributed by atoms with Crippen LogP contribution in [0, 0.1) is 0 Å². The second-order valence-electron chi connectivity index (χ2n) is 7.47. The van der Waals surface area contributed by atoms with E-state index in [0.717, 1.165) is 60.2 Å². The van der Waals surface area contributed by atoms with Crippen LogP contribution in [0.15, 0.2) is 59.7 Å². The zero-order valence-corrected chi connectivity index (χ0v) is 18.0. The first-order valence-corrected chi connectivity index (χ1v) is 10.4. The van der Waals surface area contributed by atoms with E-state index in [0.29, 0.717) is 11.6 Å².